The molecular weight excluding hydrogens is 244 g/mol. The number of hydrogen-bond acceptors (Lipinski definition) is 4. The van der Waals surface area contributed by atoms with E-state index in [1.54, 1.807) is 0 Å². The first kappa shape index (κ1) is 12.1. The molecule has 6 nitrogen and oxygen atoms in total. The Morgan fingerprint density at radius 2 is 2.37 bits per heavy atom. The molecule has 3 N–H and O–H groups in total. The largest absolute Gasteiger partial charge is 0.378 e. The lowest BCUT2D eigenvalue weighted by Crippen LogP contribution is -2.43. The molecule has 0 bridgehead atoms. The van der Waals surface area contributed by atoms with E-state index in [-0.39, 0.29) is 11.9 Å². The van der Waals surface area contributed by atoms with E-state index in [0.717, 1.165) is 17.6 Å². The number of hydrogen-bond donors (Lipinski definition) is 3. The lowest BCUT2D eigenvalue weighted by Gasteiger charge is -2.22. The van der Waals surface area contributed by atoms with Crippen molar-refractivity contribution in [2.75, 3.05) is 25.1 Å². The fraction of sp³-hybridized carbons (Fsp3) is 0.385. The average Bonchev–Trinajstić information content (AvgIpc) is 2.81. The lowest BCUT2D eigenvalue weighted by atomic mass is 10.2. The Kier molecular flexibility index (Phi) is 3.43. The third-order valence-electron chi connectivity index (χ3n) is 3.08. The summed E-state index contributed by atoms with van der Waals surface area (Å²) in [5.41, 5.74) is 1.76. The number of anilines is 1. The second-order valence-electron chi connectivity index (χ2n) is 4.58. The van der Waals surface area contributed by atoms with E-state index in [4.69, 9.17) is 4.74 Å². The highest BCUT2D eigenvalue weighted by Gasteiger charge is 2.17. The lowest BCUT2D eigenvalue weighted by molar-refractivity contribution is -0.117. The van der Waals surface area contributed by atoms with E-state index < -0.39 is 0 Å². The number of fused-ring (bicyclic) bond motifs is 1. The summed E-state index contributed by atoms with van der Waals surface area (Å²) in [6, 6.07) is 7.75. The van der Waals surface area contributed by atoms with Gasteiger partial charge in [0.2, 0.25) is 11.9 Å². The molecule has 1 aliphatic rings. The van der Waals surface area contributed by atoms with Gasteiger partial charge in [-0.15, -0.1) is 0 Å². The van der Waals surface area contributed by atoms with Crippen LogP contribution in [0, 0.1) is 0 Å². The van der Waals surface area contributed by atoms with Gasteiger partial charge in [0.1, 0.15) is 0 Å². The summed E-state index contributed by atoms with van der Waals surface area (Å²) in [6.45, 7) is 2.08. The van der Waals surface area contributed by atoms with Crippen molar-refractivity contribution in [2.24, 2.45) is 0 Å². The number of ether oxygens (including phenoxy) is 1. The summed E-state index contributed by atoms with van der Waals surface area (Å²) >= 11 is 0. The van der Waals surface area contributed by atoms with Gasteiger partial charge in [0.15, 0.2) is 0 Å². The number of rotatable bonds is 3. The fourth-order valence-electron chi connectivity index (χ4n) is 2.17. The van der Waals surface area contributed by atoms with Crippen LogP contribution in [0.2, 0.25) is 0 Å². The van der Waals surface area contributed by atoms with Crippen molar-refractivity contribution in [1.29, 1.82) is 0 Å². The van der Waals surface area contributed by atoms with Gasteiger partial charge in [-0.1, -0.05) is 12.1 Å². The summed E-state index contributed by atoms with van der Waals surface area (Å²) in [6.07, 6.45) is 0.386. The second kappa shape index (κ2) is 5.38. The van der Waals surface area contributed by atoms with Gasteiger partial charge < -0.3 is 15.0 Å². The summed E-state index contributed by atoms with van der Waals surface area (Å²) in [4.78, 5) is 19.3. The number of amides is 1. The number of benzene rings is 1. The number of aromatic amines is 1. The molecule has 100 valence electrons. The third-order valence-corrected chi connectivity index (χ3v) is 3.08. The fourth-order valence-corrected chi connectivity index (χ4v) is 2.17. The number of nitrogens with one attached hydrogen (secondary N) is 3. The van der Waals surface area contributed by atoms with Crippen LogP contribution in [0.3, 0.4) is 0 Å². The summed E-state index contributed by atoms with van der Waals surface area (Å²) in [7, 11) is 0. The zero-order valence-corrected chi connectivity index (χ0v) is 10.5. The van der Waals surface area contributed by atoms with Crippen molar-refractivity contribution in [3.8, 4) is 0 Å². The molecule has 1 saturated heterocycles. The third kappa shape index (κ3) is 2.91. The van der Waals surface area contributed by atoms with Gasteiger partial charge in [-0.2, -0.15) is 0 Å². The van der Waals surface area contributed by atoms with Gasteiger partial charge in [-0.25, -0.2) is 4.98 Å². The number of morpholine rings is 1. The van der Waals surface area contributed by atoms with Gasteiger partial charge in [-0.3, -0.25) is 10.1 Å². The first-order chi connectivity index (χ1) is 9.31. The van der Waals surface area contributed by atoms with E-state index in [1.165, 1.54) is 0 Å². The van der Waals surface area contributed by atoms with Crippen molar-refractivity contribution >= 4 is 22.9 Å². The second-order valence-corrected chi connectivity index (χ2v) is 4.58. The van der Waals surface area contributed by atoms with Gasteiger partial charge in [0.05, 0.1) is 24.2 Å². The van der Waals surface area contributed by atoms with Crippen molar-refractivity contribution in [3.05, 3.63) is 24.3 Å². The number of carbonyl (C=O) groups excluding carboxylic acids is 1. The van der Waals surface area contributed by atoms with Crippen LogP contribution in [-0.2, 0) is 9.53 Å². The van der Waals surface area contributed by atoms with Gasteiger partial charge in [0, 0.05) is 19.0 Å². The minimum Gasteiger partial charge on any atom is -0.378 e. The van der Waals surface area contributed by atoms with E-state index in [2.05, 4.69) is 20.6 Å². The van der Waals surface area contributed by atoms with Gasteiger partial charge in [-0.05, 0) is 12.1 Å². The van der Waals surface area contributed by atoms with Crippen LogP contribution < -0.4 is 10.6 Å². The van der Waals surface area contributed by atoms with E-state index >= 15 is 0 Å². The van der Waals surface area contributed by atoms with Crippen LogP contribution >= 0.6 is 0 Å². The number of carbonyl (C=O) groups is 1. The minimum atomic E-state index is -0.0675. The Balaban J connectivity index is 1.62. The molecule has 2 heterocycles. The first-order valence-corrected chi connectivity index (χ1v) is 6.37. The molecule has 2 aromatic rings. The number of nitrogens with zero attached hydrogens (tertiary/aromatic N) is 1. The predicted octanol–water partition coefficient (Wildman–Crippen LogP) is 0.880. The van der Waals surface area contributed by atoms with Crippen molar-refractivity contribution in [3.63, 3.8) is 0 Å². The van der Waals surface area contributed by atoms with E-state index in [0.29, 0.717) is 25.6 Å². The molecule has 1 aromatic carbocycles. The number of para-hydroxylation sites is 2. The molecule has 0 saturated carbocycles. The number of imidazole rings is 1. The SMILES string of the molecule is O=C(CC1COCCN1)Nc1nc2ccccc2[nH]1. The zero-order chi connectivity index (χ0) is 13.1. The maximum Gasteiger partial charge on any atom is 0.228 e. The molecule has 1 amide bonds. The number of aromatic nitrogens is 2. The monoisotopic (exact) mass is 260 g/mol. The Morgan fingerprint density at radius 3 is 3.16 bits per heavy atom. The maximum atomic E-state index is 11.9. The molecule has 1 atom stereocenters. The highest BCUT2D eigenvalue weighted by Crippen LogP contribution is 2.13. The molecule has 0 spiro atoms. The Hall–Kier alpha value is -1.92. The van der Waals surface area contributed by atoms with Crippen molar-refractivity contribution < 1.29 is 9.53 Å². The van der Waals surface area contributed by atoms with E-state index in [1.807, 2.05) is 24.3 Å². The highest BCUT2D eigenvalue weighted by atomic mass is 16.5. The molecule has 6 heteroatoms. The average molecular weight is 260 g/mol. The normalized spacial score (nSPS) is 19.5. The van der Waals surface area contributed by atoms with Crippen LogP contribution in [0.4, 0.5) is 5.95 Å². The smallest absolute Gasteiger partial charge is 0.228 e. The van der Waals surface area contributed by atoms with Gasteiger partial charge in [0.25, 0.3) is 0 Å². The molecule has 1 aromatic heterocycles. The molecule has 1 unspecified atom stereocenters. The summed E-state index contributed by atoms with van der Waals surface area (Å²) in [5, 5.41) is 6.02. The molecule has 0 radical (unpaired) electrons. The van der Waals surface area contributed by atoms with Crippen molar-refractivity contribution in [2.45, 2.75) is 12.5 Å². The molecule has 1 fully saturated rings. The topological polar surface area (TPSA) is 79.0 Å². The highest BCUT2D eigenvalue weighted by molar-refractivity contribution is 5.91. The maximum absolute atomic E-state index is 11.9. The van der Waals surface area contributed by atoms with Crippen molar-refractivity contribution in [1.82, 2.24) is 15.3 Å². The molecular formula is C13H16N4O2. The summed E-state index contributed by atoms with van der Waals surface area (Å²) < 4.78 is 5.32. The van der Waals surface area contributed by atoms with Crippen LogP contribution in [0.15, 0.2) is 24.3 Å². The Labute approximate surface area is 110 Å². The molecule has 3 rings (SSSR count). The van der Waals surface area contributed by atoms with Crippen LogP contribution in [-0.4, -0.2) is 41.7 Å². The Bertz CT molecular complexity index is 542. The van der Waals surface area contributed by atoms with Crippen LogP contribution in [0.25, 0.3) is 11.0 Å². The minimum absolute atomic E-state index is 0.0675. The quantitative estimate of drug-likeness (QED) is 0.765. The zero-order valence-electron chi connectivity index (χ0n) is 10.5. The summed E-state index contributed by atoms with van der Waals surface area (Å²) in [5.74, 6) is 0.421. The van der Waals surface area contributed by atoms with E-state index in [9.17, 15) is 4.79 Å². The predicted molar refractivity (Wildman–Crippen MR) is 72.0 cm³/mol. The molecule has 19 heavy (non-hydrogen) atoms. The Morgan fingerprint density at radius 1 is 1.47 bits per heavy atom. The van der Waals surface area contributed by atoms with Crippen LogP contribution in [0.1, 0.15) is 6.42 Å². The van der Waals surface area contributed by atoms with Gasteiger partial charge >= 0.3 is 0 Å². The molecule has 0 aliphatic carbocycles. The standard InChI is InChI=1S/C13H16N4O2/c18-12(7-9-8-19-6-5-14-9)17-13-15-10-3-1-2-4-11(10)16-13/h1-4,9,14H,5-8H2,(H2,15,16,17,18). The first-order valence-electron chi connectivity index (χ1n) is 6.37. The molecule has 1 aliphatic heterocycles. The van der Waals surface area contributed by atoms with Crippen LogP contribution in [0.5, 0.6) is 0 Å². The number of H-pyrrole nitrogens is 1.